The SMILES string of the molecule is C=C(C)C(NC=S)C(C)C. The summed E-state index contributed by atoms with van der Waals surface area (Å²) in [5.41, 5.74) is 2.69. The molecule has 0 rings (SSSR count). The molecule has 1 nitrogen and oxygen atoms in total. The highest BCUT2D eigenvalue weighted by molar-refractivity contribution is 7.78. The van der Waals surface area contributed by atoms with E-state index < -0.39 is 0 Å². The molecule has 1 N–H and O–H groups in total. The topological polar surface area (TPSA) is 12.0 Å². The quantitative estimate of drug-likeness (QED) is 0.495. The van der Waals surface area contributed by atoms with E-state index in [4.69, 9.17) is 0 Å². The Balaban J connectivity index is 3.97. The highest BCUT2D eigenvalue weighted by Crippen LogP contribution is 2.08. The van der Waals surface area contributed by atoms with Crippen LogP contribution in [0, 0.1) is 5.92 Å². The smallest absolute Gasteiger partial charge is 0.0619 e. The molecule has 0 aromatic carbocycles. The first-order valence-corrected chi connectivity index (χ1v) is 3.91. The summed E-state index contributed by atoms with van der Waals surface area (Å²) in [6, 6.07) is 0.331. The zero-order chi connectivity index (χ0) is 8.15. The van der Waals surface area contributed by atoms with Crippen LogP contribution in [0.15, 0.2) is 12.2 Å². The van der Waals surface area contributed by atoms with Gasteiger partial charge >= 0.3 is 0 Å². The van der Waals surface area contributed by atoms with Crippen molar-refractivity contribution in [2.75, 3.05) is 0 Å². The first-order valence-electron chi connectivity index (χ1n) is 3.44. The molecule has 10 heavy (non-hydrogen) atoms. The first kappa shape index (κ1) is 9.63. The van der Waals surface area contributed by atoms with E-state index in [-0.39, 0.29) is 0 Å². The largest absolute Gasteiger partial charge is 0.376 e. The molecule has 1 atom stereocenters. The van der Waals surface area contributed by atoms with E-state index in [2.05, 4.69) is 38.0 Å². The van der Waals surface area contributed by atoms with Gasteiger partial charge in [-0.2, -0.15) is 0 Å². The summed E-state index contributed by atoms with van der Waals surface area (Å²) in [6.45, 7) is 10.2. The molecule has 0 aliphatic rings. The molecule has 0 aromatic rings. The molecule has 0 radical (unpaired) electrons. The van der Waals surface area contributed by atoms with Crippen molar-refractivity contribution >= 4 is 17.7 Å². The van der Waals surface area contributed by atoms with Gasteiger partial charge < -0.3 is 5.32 Å². The fourth-order valence-electron chi connectivity index (χ4n) is 0.977. The van der Waals surface area contributed by atoms with Crippen molar-refractivity contribution in [3.63, 3.8) is 0 Å². The molecule has 2 heteroatoms. The van der Waals surface area contributed by atoms with Crippen molar-refractivity contribution in [1.82, 2.24) is 5.32 Å². The zero-order valence-electron chi connectivity index (χ0n) is 6.85. The highest BCUT2D eigenvalue weighted by Gasteiger charge is 2.10. The summed E-state index contributed by atoms with van der Waals surface area (Å²) in [4.78, 5) is 0. The van der Waals surface area contributed by atoms with Gasteiger partial charge in [0.1, 0.15) is 0 Å². The molecule has 0 spiro atoms. The minimum absolute atomic E-state index is 0.331. The minimum Gasteiger partial charge on any atom is -0.376 e. The summed E-state index contributed by atoms with van der Waals surface area (Å²) in [5, 5.41) is 3.07. The Labute approximate surface area is 68.5 Å². The van der Waals surface area contributed by atoms with E-state index in [1.807, 2.05) is 6.92 Å². The summed E-state index contributed by atoms with van der Waals surface area (Å²) < 4.78 is 0. The Morgan fingerprint density at radius 3 is 2.20 bits per heavy atom. The molecule has 0 aromatic heterocycles. The predicted molar refractivity (Wildman–Crippen MR) is 50.2 cm³/mol. The minimum atomic E-state index is 0.331. The van der Waals surface area contributed by atoms with Gasteiger partial charge in [-0.3, -0.25) is 0 Å². The van der Waals surface area contributed by atoms with E-state index >= 15 is 0 Å². The molecule has 0 heterocycles. The fourth-order valence-corrected chi connectivity index (χ4v) is 1.12. The lowest BCUT2D eigenvalue weighted by Gasteiger charge is -2.20. The van der Waals surface area contributed by atoms with Crippen molar-refractivity contribution in [3.8, 4) is 0 Å². The third-order valence-electron chi connectivity index (χ3n) is 1.45. The molecule has 0 fully saturated rings. The second kappa shape index (κ2) is 4.45. The van der Waals surface area contributed by atoms with Gasteiger partial charge in [0, 0.05) is 6.04 Å². The molecule has 0 amide bonds. The Bertz CT molecular complexity index is 129. The molecule has 0 bridgehead atoms. The van der Waals surface area contributed by atoms with Crippen LogP contribution in [-0.4, -0.2) is 11.5 Å². The molecule has 58 valence electrons. The van der Waals surface area contributed by atoms with E-state index in [0.717, 1.165) is 5.57 Å². The first-order chi connectivity index (χ1) is 4.59. The second-order valence-corrected chi connectivity index (χ2v) is 3.09. The lowest BCUT2D eigenvalue weighted by Crippen LogP contribution is -2.32. The molecule has 0 aliphatic heterocycles. The summed E-state index contributed by atoms with van der Waals surface area (Å²) in [7, 11) is 0. The Morgan fingerprint density at radius 2 is 2.10 bits per heavy atom. The Morgan fingerprint density at radius 1 is 1.60 bits per heavy atom. The third-order valence-corrected chi connectivity index (χ3v) is 1.58. The summed E-state index contributed by atoms with van der Waals surface area (Å²) in [5.74, 6) is 0.552. The van der Waals surface area contributed by atoms with Gasteiger partial charge in [-0.1, -0.05) is 38.2 Å². The van der Waals surface area contributed by atoms with Crippen LogP contribution in [0.3, 0.4) is 0 Å². The Kier molecular flexibility index (Phi) is 4.28. The Hall–Kier alpha value is -0.370. The van der Waals surface area contributed by atoms with E-state index in [1.165, 1.54) is 0 Å². The second-order valence-electron chi connectivity index (χ2n) is 2.85. The fraction of sp³-hybridized carbons (Fsp3) is 0.625. The normalized spacial score (nSPS) is 12.8. The maximum absolute atomic E-state index is 4.69. The maximum atomic E-state index is 4.69. The predicted octanol–water partition coefficient (Wildman–Crippen LogP) is 2.13. The van der Waals surface area contributed by atoms with Crippen LogP contribution in [0.4, 0.5) is 0 Å². The number of hydrogen-bond acceptors (Lipinski definition) is 1. The highest BCUT2D eigenvalue weighted by atomic mass is 32.1. The number of rotatable bonds is 4. The van der Waals surface area contributed by atoms with E-state index in [0.29, 0.717) is 12.0 Å². The zero-order valence-corrected chi connectivity index (χ0v) is 7.66. The van der Waals surface area contributed by atoms with Crippen LogP contribution in [0.2, 0.25) is 0 Å². The standard InChI is InChI=1S/C8H15NS/c1-6(2)8(7(3)4)9-5-10/h5,7-8H,1H2,2-4H3,(H,9,10). The lowest BCUT2D eigenvalue weighted by molar-refractivity contribution is 0.514. The summed E-state index contributed by atoms with van der Waals surface area (Å²) >= 11 is 4.69. The number of nitrogens with one attached hydrogen (secondary N) is 1. The van der Waals surface area contributed by atoms with Crippen molar-refractivity contribution in [2.24, 2.45) is 5.92 Å². The van der Waals surface area contributed by atoms with Gasteiger partial charge in [0.15, 0.2) is 0 Å². The van der Waals surface area contributed by atoms with Gasteiger partial charge in [0.25, 0.3) is 0 Å². The average Bonchev–Trinajstić information content (AvgIpc) is 1.81. The van der Waals surface area contributed by atoms with Crippen LogP contribution in [0.5, 0.6) is 0 Å². The third kappa shape index (κ3) is 2.97. The van der Waals surface area contributed by atoms with Crippen molar-refractivity contribution in [1.29, 1.82) is 0 Å². The van der Waals surface area contributed by atoms with Crippen molar-refractivity contribution in [3.05, 3.63) is 12.2 Å². The number of hydrogen-bond donors (Lipinski definition) is 1. The van der Waals surface area contributed by atoms with Crippen LogP contribution in [0.25, 0.3) is 0 Å². The lowest BCUT2D eigenvalue weighted by atomic mass is 9.99. The molecule has 0 aliphatic carbocycles. The summed E-state index contributed by atoms with van der Waals surface area (Å²) in [6.07, 6.45) is 0. The number of thiocarbonyl (C=S) groups is 1. The average molecular weight is 157 g/mol. The molecule has 1 unspecified atom stereocenters. The van der Waals surface area contributed by atoms with E-state index in [9.17, 15) is 0 Å². The van der Waals surface area contributed by atoms with Crippen LogP contribution in [-0.2, 0) is 0 Å². The van der Waals surface area contributed by atoms with Crippen LogP contribution in [0.1, 0.15) is 20.8 Å². The van der Waals surface area contributed by atoms with Crippen molar-refractivity contribution < 1.29 is 0 Å². The molecule has 0 saturated carbocycles. The van der Waals surface area contributed by atoms with Gasteiger partial charge in [0.2, 0.25) is 0 Å². The van der Waals surface area contributed by atoms with E-state index in [1.54, 1.807) is 5.49 Å². The van der Waals surface area contributed by atoms with Gasteiger partial charge in [-0.25, -0.2) is 0 Å². The van der Waals surface area contributed by atoms with Gasteiger partial charge in [-0.05, 0) is 12.8 Å². The van der Waals surface area contributed by atoms with Crippen molar-refractivity contribution in [2.45, 2.75) is 26.8 Å². The monoisotopic (exact) mass is 157 g/mol. The molecule has 0 saturated heterocycles. The van der Waals surface area contributed by atoms with Crippen LogP contribution >= 0.6 is 12.2 Å². The molecular weight excluding hydrogens is 142 g/mol. The van der Waals surface area contributed by atoms with Gasteiger partial charge in [0.05, 0.1) is 5.49 Å². The van der Waals surface area contributed by atoms with Gasteiger partial charge in [-0.15, -0.1) is 0 Å². The van der Waals surface area contributed by atoms with Crippen LogP contribution < -0.4 is 5.32 Å². The molecular formula is C8H15NS. The maximum Gasteiger partial charge on any atom is 0.0619 e.